The van der Waals surface area contributed by atoms with Crippen LogP contribution in [0, 0.1) is 13.8 Å². The van der Waals surface area contributed by atoms with Gasteiger partial charge in [0.15, 0.2) is 5.76 Å². The SMILES string of the molecule is Cc1cc([C@H]2CCCN2C(=O)N[C@@H](C)c2ccccc2C)on1. The van der Waals surface area contributed by atoms with Gasteiger partial charge in [0.05, 0.1) is 17.8 Å². The van der Waals surface area contributed by atoms with Crippen LogP contribution in [0.1, 0.15) is 54.4 Å². The topological polar surface area (TPSA) is 58.4 Å². The molecule has 1 aromatic carbocycles. The van der Waals surface area contributed by atoms with E-state index in [2.05, 4.69) is 29.5 Å². The number of likely N-dealkylation sites (tertiary alicyclic amines) is 1. The van der Waals surface area contributed by atoms with Crippen LogP contribution in [-0.4, -0.2) is 22.6 Å². The summed E-state index contributed by atoms with van der Waals surface area (Å²) in [5.74, 6) is 0.777. The first-order valence-corrected chi connectivity index (χ1v) is 8.12. The molecule has 122 valence electrons. The maximum absolute atomic E-state index is 12.7. The molecule has 2 heterocycles. The van der Waals surface area contributed by atoms with Crippen LogP contribution in [0.4, 0.5) is 4.79 Å². The summed E-state index contributed by atoms with van der Waals surface area (Å²) in [6.07, 6.45) is 1.90. The number of aromatic nitrogens is 1. The van der Waals surface area contributed by atoms with Gasteiger partial charge in [-0.25, -0.2) is 4.79 Å². The number of carbonyl (C=O) groups excluding carboxylic acids is 1. The van der Waals surface area contributed by atoms with E-state index in [1.54, 1.807) is 0 Å². The summed E-state index contributed by atoms with van der Waals surface area (Å²) in [7, 11) is 0. The predicted octanol–water partition coefficient (Wildman–Crippen LogP) is 3.90. The van der Waals surface area contributed by atoms with Crippen molar-refractivity contribution in [2.45, 2.75) is 45.7 Å². The molecule has 0 unspecified atom stereocenters. The van der Waals surface area contributed by atoms with Gasteiger partial charge in [-0.15, -0.1) is 0 Å². The van der Waals surface area contributed by atoms with Crippen LogP contribution >= 0.6 is 0 Å². The van der Waals surface area contributed by atoms with Gasteiger partial charge in [0.25, 0.3) is 0 Å². The van der Waals surface area contributed by atoms with Crippen molar-refractivity contribution in [3.63, 3.8) is 0 Å². The predicted molar refractivity (Wildman–Crippen MR) is 88.0 cm³/mol. The second-order valence-electron chi connectivity index (χ2n) is 6.25. The maximum Gasteiger partial charge on any atom is 0.318 e. The maximum atomic E-state index is 12.7. The largest absolute Gasteiger partial charge is 0.359 e. The Balaban J connectivity index is 1.71. The molecule has 1 fully saturated rings. The number of carbonyl (C=O) groups is 1. The molecule has 0 aliphatic carbocycles. The van der Waals surface area contributed by atoms with Crippen molar-refractivity contribution in [1.29, 1.82) is 0 Å². The zero-order valence-electron chi connectivity index (χ0n) is 13.9. The molecule has 1 N–H and O–H groups in total. The van der Waals surface area contributed by atoms with Gasteiger partial charge in [0.2, 0.25) is 0 Å². The third-order valence-electron chi connectivity index (χ3n) is 4.48. The highest BCUT2D eigenvalue weighted by Gasteiger charge is 2.33. The van der Waals surface area contributed by atoms with E-state index >= 15 is 0 Å². The number of urea groups is 1. The summed E-state index contributed by atoms with van der Waals surface area (Å²) in [5.41, 5.74) is 3.18. The number of benzene rings is 1. The van der Waals surface area contributed by atoms with Crippen LogP contribution in [0.15, 0.2) is 34.9 Å². The number of nitrogens with zero attached hydrogens (tertiary/aromatic N) is 2. The van der Waals surface area contributed by atoms with Gasteiger partial charge >= 0.3 is 6.03 Å². The Morgan fingerprint density at radius 2 is 2.17 bits per heavy atom. The van der Waals surface area contributed by atoms with Crippen LogP contribution in [0.25, 0.3) is 0 Å². The standard InChI is InChI=1S/C18H23N3O2/c1-12-7-4-5-8-15(12)14(3)19-18(22)21-10-6-9-16(21)17-11-13(2)20-23-17/h4-5,7-8,11,14,16H,6,9-10H2,1-3H3,(H,19,22)/t14-,16+/m0/s1. The average molecular weight is 313 g/mol. The molecule has 1 aliphatic rings. The zero-order chi connectivity index (χ0) is 16.4. The smallest absolute Gasteiger partial charge is 0.318 e. The lowest BCUT2D eigenvalue weighted by Gasteiger charge is -2.26. The second kappa shape index (κ2) is 6.44. The van der Waals surface area contributed by atoms with Crippen LogP contribution < -0.4 is 5.32 Å². The van der Waals surface area contributed by atoms with E-state index in [0.717, 1.165) is 36.4 Å². The number of rotatable bonds is 3. The molecule has 0 spiro atoms. The number of hydrogen-bond acceptors (Lipinski definition) is 3. The fraction of sp³-hybridized carbons (Fsp3) is 0.444. The molecule has 2 aromatic rings. The molecule has 2 atom stereocenters. The molecule has 1 saturated heterocycles. The van der Waals surface area contributed by atoms with E-state index in [1.807, 2.05) is 36.9 Å². The van der Waals surface area contributed by atoms with E-state index in [4.69, 9.17) is 4.52 Å². The van der Waals surface area contributed by atoms with Gasteiger partial charge in [-0.05, 0) is 44.7 Å². The van der Waals surface area contributed by atoms with Gasteiger partial charge < -0.3 is 14.7 Å². The third kappa shape index (κ3) is 3.23. The van der Waals surface area contributed by atoms with Crippen molar-refractivity contribution in [3.05, 3.63) is 52.9 Å². The minimum absolute atomic E-state index is 0.0136. The summed E-state index contributed by atoms with van der Waals surface area (Å²) in [6.45, 7) is 6.72. The lowest BCUT2D eigenvalue weighted by Crippen LogP contribution is -2.40. The van der Waals surface area contributed by atoms with Gasteiger partial charge in [-0.1, -0.05) is 29.4 Å². The first-order chi connectivity index (χ1) is 11.1. The quantitative estimate of drug-likeness (QED) is 0.935. The number of amides is 2. The molecule has 5 nitrogen and oxygen atoms in total. The Morgan fingerprint density at radius 3 is 2.87 bits per heavy atom. The molecule has 5 heteroatoms. The van der Waals surface area contributed by atoms with E-state index < -0.39 is 0 Å². The lowest BCUT2D eigenvalue weighted by molar-refractivity contribution is 0.179. The van der Waals surface area contributed by atoms with Crippen molar-refractivity contribution < 1.29 is 9.32 Å². The summed E-state index contributed by atoms with van der Waals surface area (Å²) in [4.78, 5) is 14.5. The zero-order valence-corrected chi connectivity index (χ0v) is 13.9. The first-order valence-electron chi connectivity index (χ1n) is 8.12. The highest BCUT2D eigenvalue weighted by molar-refractivity contribution is 5.75. The lowest BCUT2D eigenvalue weighted by atomic mass is 10.0. The minimum atomic E-state index is -0.0442. The van der Waals surface area contributed by atoms with Gasteiger partial charge in [0, 0.05) is 12.6 Å². The van der Waals surface area contributed by atoms with Gasteiger partial charge in [0.1, 0.15) is 0 Å². The molecule has 1 aromatic heterocycles. The Hall–Kier alpha value is -2.30. The van der Waals surface area contributed by atoms with E-state index in [-0.39, 0.29) is 18.1 Å². The van der Waals surface area contributed by atoms with Crippen molar-refractivity contribution >= 4 is 6.03 Å². The normalized spacial score (nSPS) is 18.9. The molecule has 1 aliphatic heterocycles. The summed E-state index contributed by atoms with van der Waals surface area (Å²) < 4.78 is 5.37. The van der Waals surface area contributed by atoms with Crippen molar-refractivity contribution in [1.82, 2.24) is 15.4 Å². The third-order valence-corrected chi connectivity index (χ3v) is 4.48. The molecule has 23 heavy (non-hydrogen) atoms. The Kier molecular flexibility index (Phi) is 4.37. The summed E-state index contributed by atoms with van der Waals surface area (Å²) in [5, 5.41) is 7.05. The molecular weight excluding hydrogens is 290 g/mol. The van der Waals surface area contributed by atoms with E-state index in [0.29, 0.717) is 0 Å². The number of hydrogen-bond donors (Lipinski definition) is 1. The second-order valence-corrected chi connectivity index (χ2v) is 6.25. The average Bonchev–Trinajstić information content (AvgIpc) is 3.15. The minimum Gasteiger partial charge on any atom is -0.359 e. The molecule has 2 amide bonds. The summed E-state index contributed by atoms with van der Waals surface area (Å²) in [6, 6.07) is 9.96. The van der Waals surface area contributed by atoms with Crippen LogP contribution in [0.3, 0.4) is 0 Å². The van der Waals surface area contributed by atoms with Gasteiger partial charge in [-0.3, -0.25) is 0 Å². The van der Waals surface area contributed by atoms with Gasteiger partial charge in [-0.2, -0.15) is 0 Å². The molecule has 0 saturated carbocycles. The monoisotopic (exact) mass is 313 g/mol. The molecule has 0 bridgehead atoms. The fourth-order valence-electron chi connectivity index (χ4n) is 3.26. The summed E-state index contributed by atoms with van der Waals surface area (Å²) >= 11 is 0. The van der Waals surface area contributed by atoms with Crippen molar-refractivity contribution in [2.24, 2.45) is 0 Å². The van der Waals surface area contributed by atoms with Crippen molar-refractivity contribution in [3.8, 4) is 0 Å². The molecular formula is C18H23N3O2. The fourth-order valence-corrected chi connectivity index (χ4v) is 3.26. The van der Waals surface area contributed by atoms with Crippen molar-refractivity contribution in [2.75, 3.05) is 6.54 Å². The Bertz CT molecular complexity index is 695. The van der Waals surface area contributed by atoms with E-state index in [9.17, 15) is 4.79 Å². The Morgan fingerprint density at radius 1 is 1.39 bits per heavy atom. The van der Waals surface area contributed by atoms with Crippen LogP contribution in [0.2, 0.25) is 0 Å². The highest BCUT2D eigenvalue weighted by Crippen LogP contribution is 2.32. The molecule has 0 radical (unpaired) electrons. The number of aryl methyl sites for hydroxylation is 2. The highest BCUT2D eigenvalue weighted by atomic mass is 16.5. The first kappa shape index (κ1) is 15.6. The van der Waals surface area contributed by atoms with Crippen LogP contribution in [0.5, 0.6) is 0 Å². The molecule has 3 rings (SSSR count). The van der Waals surface area contributed by atoms with Crippen LogP contribution in [-0.2, 0) is 0 Å². The van der Waals surface area contributed by atoms with E-state index in [1.165, 1.54) is 5.56 Å². The Labute approximate surface area is 136 Å². The number of nitrogens with one attached hydrogen (secondary N) is 1.